The van der Waals surface area contributed by atoms with E-state index in [0.29, 0.717) is 6.04 Å². The van der Waals surface area contributed by atoms with Crippen molar-refractivity contribution in [2.75, 3.05) is 44.2 Å². The molecule has 2 saturated heterocycles. The number of aryl methyl sites for hydroxylation is 1. The molecule has 0 spiro atoms. The van der Waals surface area contributed by atoms with Gasteiger partial charge in [0.15, 0.2) is 0 Å². The molecule has 0 amide bonds. The smallest absolute Gasteiger partial charge is 0.0738 e. The average molecular weight is 340 g/mol. The molecule has 1 aromatic heterocycles. The second-order valence-electron chi connectivity index (χ2n) is 7.22. The van der Waals surface area contributed by atoms with Crippen LogP contribution < -0.4 is 10.2 Å². The number of hydrogen-bond acceptors (Lipinski definition) is 5. The number of piperidine rings is 1. The van der Waals surface area contributed by atoms with Gasteiger partial charge in [0.05, 0.1) is 17.9 Å². The van der Waals surface area contributed by atoms with Crippen LogP contribution in [0.5, 0.6) is 0 Å². The molecule has 2 aliphatic rings. The van der Waals surface area contributed by atoms with Gasteiger partial charge in [0.2, 0.25) is 0 Å². The molecule has 1 aromatic carbocycles. The third-order valence-electron chi connectivity index (χ3n) is 5.48. The Kier molecular flexibility index (Phi) is 4.99. The molecule has 1 atom stereocenters. The first kappa shape index (κ1) is 16.5. The summed E-state index contributed by atoms with van der Waals surface area (Å²) in [4.78, 5) is 5.03. The largest absolute Gasteiger partial charge is 0.369 e. The zero-order chi connectivity index (χ0) is 17.1. The van der Waals surface area contributed by atoms with E-state index in [-0.39, 0.29) is 0 Å². The van der Waals surface area contributed by atoms with E-state index in [1.807, 2.05) is 6.20 Å². The molecule has 2 aromatic rings. The van der Waals surface area contributed by atoms with Crippen LogP contribution in [0.3, 0.4) is 0 Å². The molecule has 2 fully saturated rings. The Hall–Kier alpha value is -1.92. The van der Waals surface area contributed by atoms with Crippen molar-refractivity contribution in [2.24, 2.45) is 0 Å². The van der Waals surface area contributed by atoms with E-state index in [1.54, 1.807) is 0 Å². The molecular formula is C19H28N6. The first-order valence-corrected chi connectivity index (χ1v) is 9.44. The number of para-hydroxylation sites is 1. The van der Waals surface area contributed by atoms with Crippen LogP contribution in [0.4, 0.5) is 5.69 Å². The van der Waals surface area contributed by atoms with Crippen molar-refractivity contribution >= 4 is 5.69 Å². The second-order valence-corrected chi connectivity index (χ2v) is 7.22. The molecule has 134 valence electrons. The first-order chi connectivity index (χ1) is 12.3. The number of hydrogen-bond donors (Lipinski definition) is 1. The summed E-state index contributed by atoms with van der Waals surface area (Å²) in [6.07, 6.45) is 4.37. The topological polar surface area (TPSA) is 49.2 Å². The SMILES string of the molecule is Cc1ccccc1N1CCN(Cc2cnnn2C2CCCNC2)CC1. The Bertz CT molecular complexity index is 683. The summed E-state index contributed by atoms with van der Waals surface area (Å²) in [6, 6.07) is 9.14. The summed E-state index contributed by atoms with van der Waals surface area (Å²) >= 11 is 0. The fourth-order valence-corrected chi connectivity index (χ4v) is 4.02. The van der Waals surface area contributed by atoms with Crippen LogP contribution in [0.2, 0.25) is 0 Å². The van der Waals surface area contributed by atoms with E-state index in [2.05, 4.69) is 61.3 Å². The Morgan fingerprint density at radius 2 is 2.00 bits per heavy atom. The van der Waals surface area contributed by atoms with Gasteiger partial charge in [-0.15, -0.1) is 5.10 Å². The van der Waals surface area contributed by atoms with Crippen LogP contribution >= 0.6 is 0 Å². The summed E-state index contributed by atoms with van der Waals surface area (Å²) in [7, 11) is 0. The van der Waals surface area contributed by atoms with Crippen LogP contribution in [0.25, 0.3) is 0 Å². The van der Waals surface area contributed by atoms with Crippen molar-refractivity contribution in [3.8, 4) is 0 Å². The predicted molar refractivity (Wildman–Crippen MR) is 99.8 cm³/mol. The lowest BCUT2D eigenvalue weighted by Crippen LogP contribution is -2.46. The molecule has 6 nitrogen and oxygen atoms in total. The van der Waals surface area contributed by atoms with Crippen molar-refractivity contribution < 1.29 is 0 Å². The van der Waals surface area contributed by atoms with Gasteiger partial charge in [-0.05, 0) is 37.9 Å². The van der Waals surface area contributed by atoms with E-state index in [0.717, 1.165) is 45.8 Å². The van der Waals surface area contributed by atoms with Crippen LogP contribution in [-0.4, -0.2) is 59.2 Å². The molecule has 0 radical (unpaired) electrons. The highest BCUT2D eigenvalue weighted by molar-refractivity contribution is 5.53. The maximum absolute atomic E-state index is 4.37. The molecule has 25 heavy (non-hydrogen) atoms. The molecule has 0 bridgehead atoms. The summed E-state index contributed by atoms with van der Waals surface area (Å²) in [5, 5.41) is 12.0. The van der Waals surface area contributed by atoms with Gasteiger partial charge in [-0.3, -0.25) is 4.90 Å². The number of aromatic nitrogens is 3. The Morgan fingerprint density at radius 3 is 2.76 bits per heavy atom. The normalized spacial score (nSPS) is 22.3. The maximum Gasteiger partial charge on any atom is 0.0738 e. The fourth-order valence-electron chi connectivity index (χ4n) is 4.02. The summed E-state index contributed by atoms with van der Waals surface area (Å²) < 4.78 is 2.15. The van der Waals surface area contributed by atoms with E-state index < -0.39 is 0 Å². The molecule has 3 heterocycles. The number of rotatable bonds is 4. The zero-order valence-electron chi connectivity index (χ0n) is 15.1. The van der Waals surface area contributed by atoms with E-state index in [1.165, 1.54) is 29.8 Å². The van der Waals surface area contributed by atoms with Gasteiger partial charge in [0.1, 0.15) is 0 Å². The lowest BCUT2D eigenvalue weighted by molar-refractivity contribution is 0.234. The average Bonchev–Trinajstić information content (AvgIpc) is 3.12. The third kappa shape index (κ3) is 3.70. The Morgan fingerprint density at radius 1 is 1.16 bits per heavy atom. The van der Waals surface area contributed by atoms with Gasteiger partial charge in [-0.25, -0.2) is 4.68 Å². The highest BCUT2D eigenvalue weighted by atomic mass is 15.4. The van der Waals surface area contributed by atoms with E-state index in [9.17, 15) is 0 Å². The zero-order valence-corrected chi connectivity index (χ0v) is 15.1. The van der Waals surface area contributed by atoms with Crippen molar-refractivity contribution in [2.45, 2.75) is 32.4 Å². The van der Waals surface area contributed by atoms with Gasteiger partial charge < -0.3 is 10.2 Å². The first-order valence-electron chi connectivity index (χ1n) is 9.44. The van der Waals surface area contributed by atoms with Gasteiger partial charge in [0.25, 0.3) is 0 Å². The van der Waals surface area contributed by atoms with Crippen molar-refractivity contribution in [1.82, 2.24) is 25.2 Å². The Balaban J connectivity index is 1.36. The van der Waals surface area contributed by atoms with Crippen molar-refractivity contribution in [1.29, 1.82) is 0 Å². The van der Waals surface area contributed by atoms with Crippen LogP contribution in [0.15, 0.2) is 30.5 Å². The molecule has 0 saturated carbocycles. The second kappa shape index (κ2) is 7.54. The van der Waals surface area contributed by atoms with Gasteiger partial charge in [-0.1, -0.05) is 23.4 Å². The highest BCUT2D eigenvalue weighted by Gasteiger charge is 2.22. The van der Waals surface area contributed by atoms with Crippen LogP contribution in [0, 0.1) is 6.92 Å². The standard InChI is InChI=1S/C19H28N6/c1-16-5-2-3-7-19(16)24-11-9-23(10-12-24)15-18-14-21-22-25(18)17-6-4-8-20-13-17/h2-3,5,7,14,17,20H,4,6,8-13,15H2,1H3. The lowest BCUT2D eigenvalue weighted by Gasteiger charge is -2.37. The molecule has 4 rings (SSSR count). The van der Waals surface area contributed by atoms with Gasteiger partial charge in [0, 0.05) is 45.0 Å². The molecule has 1 unspecified atom stereocenters. The third-order valence-corrected chi connectivity index (χ3v) is 5.48. The minimum Gasteiger partial charge on any atom is -0.369 e. The molecule has 6 heteroatoms. The fraction of sp³-hybridized carbons (Fsp3) is 0.579. The van der Waals surface area contributed by atoms with Crippen LogP contribution in [0.1, 0.15) is 30.1 Å². The highest BCUT2D eigenvalue weighted by Crippen LogP contribution is 2.22. The molecule has 1 N–H and O–H groups in total. The monoisotopic (exact) mass is 340 g/mol. The maximum atomic E-state index is 4.37. The van der Waals surface area contributed by atoms with Crippen molar-refractivity contribution in [3.63, 3.8) is 0 Å². The minimum atomic E-state index is 0.458. The lowest BCUT2D eigenvalue weighted by atomic mass is 10.1. The van der Waals surface area contributed by atoms with Gasteiger partial charge >= 0.3 is 0 Å². The van der Waals surface area contributed by atoms with Crippen molar-refractivity contribution in [3.05, 3.63) is 41.7 Å². The number of piperazine rings is 1. The number of anilines is 1. The molecule has 2 aliphatic heterocycles. The quantitative estimate of drug-likeness (QED) is 0.920. The Labute approximate surface area is 149 Å². The molecular weight excluding hydrogens is 312 g/mol. The minimum absolute atomic E-state index is 0.458. The molecule has 0 aliphatic carbocycles. The van der Waals surface area contributed by atoms with E-state index >= 15 is 0 Å². The number of benzene rings is 1. The summed E-state index contributed by atoms with van der Waals surface area (Å²) in [6.45, 7) is 9.62. The number of nitrogens with one attached hydrogen (secondary N) is 1. The summed E-state index contributed by atoms with van der Waals surface area (Å²) in [5.41, 5.74) is 3.99. The van der Waals surface area contributed by atoms with Gasteiger partial charge in [-0.2, -0.15) is 0 Å². The predicted octanol–water partition coefficient (Wildman–Crippen LogP) is 1.83. The van der Waals surface area contributed by atoms with E-state index in [4.69, 9.17) is 0 Å². The van der Waals surface area contributed by atoms with Crippen LogP contribution in [-0.2, 0) is 6.54 Å². The number of nitrogens with zero attached hydrogens (tertiary/aromatic N) is 5. The summed E-state index contributed by atoms with van der Waals surface area (Å²) in [5.74, 6) is 0.